The molecule has 5 nitrogen and oxygen atoms in total. The molecule has 1 unspecified atom stereocenters. The zero-order valence-corrected chi connectivity index (χ0v) is 13.8. The molecule has 1 heterocycles. The summed E-state index contributed by atoms with van der Waals surface area (Å²) in [5.74, 6) is 0.245. The van der Waals surface area contributed by atoms with Crippen LogP contribution >= 0.6 is 0 Å². The standard InChI is InChI=1S/C18H25FN2O3/c19-14-5-7-16(8-6-14)24-13-18(23)9-10-21(12-18)11-17(22)20-15-3-1-2-4-15/h5-8,15,23H,1-4,9-13H2,(H,20,22). The second-order valence-corrected chi connectivity index (χ2v) is 6.98. The second-order valence-electron chi connectivity index (χ2n) is 6.98. The maximum Gasteiger partial charge on any atom is 0.234 e. The van der Waals surface area contributed by atoms with Crippen molar-refractivity contribution in [3.8, 4) is 5.75 Å². The number of nitrogens with zero attached hydrogens (tertiary/aromatic N) is 1. The van der Waals surface area contributed by atoms with E-state index in [1.807, 2.05) is 4.90 Å². The molecule has 6 heteroatoms. The number of benzene rings is 1. The number of aliphatic hydroxyl groups is 1. The van der Waals surface area contributed by atoms with Crippen molar-refractivity contribution in [3.63, 3.8) is 0 Å². The van der Waals surface area contributed by atoms with Crippen LogP contribution in [0.5, 0.6) is 5.75 Å². The Labute approximate surface area is 141 Å². The molecule has 132 valence electrons. The number of amides is 1. The summed E-state index contributed by atoms with van der Waals surface area (Å²) in [6, 6.07) is 6.06. The Bertz CT molecular complexity index is 560. The molecule has 1 aliphatic heterocycles. The van der Waals surface area contributed by atoms with Crippen LogP contribution in [0, 0.1) is 5.82 Å². The van der Waals surface area contributed by atoms with Gasteiger partial charge in [0.25, 0.3) is 0 Å². The van der Waals surface area contributed by atoms with Crippen LogP contribution in [0.3, 0.4) is 0 Å². The van der Waals surface area contributed by atoms with E-state index in [1.165, 1.54) is 25.0 Å². The average molecular weight is 336 g/mol. The molecule has 1 saturated carbocycles. The van der Waals surface area contributed by atoms with Gasteiger partial charge in [-0.15, -0.1) is 0 Å². The van der Waals surface area contributed by atoms with Crippen LogP contribution in [0.4, 0.5) is 4.39 Å². The number of ether oxygens (including phenoxy) is 1. The number of β-amino-alcohol motifs (C(OH)–C–C–N with tert-alkyl or cyclic N) is 1. The lowest BCUT2D eigenvalue weighted by Crippen LogP contribution is -2.43. The molecule has 1 atom stereocenters. The van der Waals surface area contributed by atoms with Gasteiger partial charge in [-0.2, -0.15) is 0 Å². The summed E-state index contributed by atoms with van der Waals surface area (Å²) in [6.45, 7) is 1.53. The number of carbonyl (C=O) groups is 1. The van der Waals surface area contributed by atoms with Gasteiger partial charge in [0.05, 0.1) is 6.54 Å². The number of carbonyl (C=O) groups excluding carboxylic acids is 1. The third-order valence-electron chi connectivity index (χ3n) is 4.82. The number of likely N-dealkylation sites (tertiary alicyclic amines) is 1. The molecule has 2 fully saturated rings. The Morgan fingerprint density at radius 1 is 1.33 bits per heavy atom. The molecule has 1 saturated heterocycles. The summed E-state index contributed by atoms with van der Waals surface area (Å²) in [5, 5.41) is 13.7. The van der Waals surface area contributed by atoms with E-state index in [9.17, 15) is 14.3 Å². The van der Waals surface area contributed by atoms with Gasteiger partial charge in [0, 0.05) is 19.1 Å². The predicted octanol–water partition coefficient (Wildman–Crippen LogP) is 1.70. The second kappa shape index (κ2) is 7.49. The van der Waals surface area contributed by atoms with Crippen LogP contribution in [0.25, 0.3) is 0 Å². The Morgan fingerprint density at radius 2 is 2.04 bits per heavy atom. The number of halogens is 1. The fourth-order valence-electron chi connectivity index (χ4n) is 3.49. The van der Waals surface area contributed by atoms with E-state index in [0.29, 0.717) is 37.8 Å². The number of nitrogens with one attached hydrogen (secondary N) is 1. The molecule has 1 aromatic carbocycles. The number of hydrogen-bond acceptors (Lipinski definition) is 4. The van der Waals surface area contributed by atoms with Gasteiger partial charge in [0.1, 0.15) is 23.8 Å². The molecule has 2 aliphatic rings. The van der Waals surface area contributed by atoms with E-state index in [4.69, 9.17) is 4.74 Å². The van der Waals surface area contributed by atoms with E-state index >= 15 is 0 Å². The Balaban J connectivity index is 1.43. The summed E-state index contributed by atoms with van der Waals surface area (Å²) in [7, 11) is 0. The first-order valence-electron chi connectivity index (χ1n) is 8.65. The largest absolute Gasteiger partial charge is 0.491 e. The fourth-order valence-corrected chi connectivity index (χ4v) is 3.49. The van der Waals surface area contributed by atoms with Crippen LogP contribution in [-0.4, -0.2) is 53.8 Å². The summed E-state index contributed by atoms with van der Waals surface area (Å²) in [6.07, 6.45) is 5.08. The van der Waals surface area contributed by atoms with Crippen LogP contribution in [-0.2, 0) is 4.79 Å². The van der Waals surface area contributed by atoms with Crippen LogP contribution < -0.4 is 10.1 Å². The van der Waals surface area contributed by atoms with Crippen LogP contribution in [0.15, 0.2) is 24.3 Å². The maximum atomic E-state index is 12.9. The topological polar surface area (TPSA) is 61.8 Å². The van der Waals surface area contributed by atoms with E-state index in [2.05, 4.69) is 5.32 Å². The first-order chi connectivity index (χ1) is 11.5. The van der Waals surface area contributed by atoms with E-state index in [1.54, 1.807) is 12.1 Å². The van der Waals surface area contributed by atoms with Gasteiger partial charge in [-0.25, -0.2) is 4.39 Å². The lowest BCUT2D eigenvalue weighted by molar-refractivity contribution is -0.122. The van der Waals surface area contributed by atoms with Crippen molar-refractivity contribution in [2.24, 2.45) is 0 Å². The van der Waals surface area contributed by atoms with Crippen molar-refractivity contribution in [3.05, 3.63) is 30.1 Å². The SMILES string of the molecule is O=C(CN1CCC(O)(COc2ccc(F)cc2)C1)NC1CCCC1. The highest BCUT2D eigenvalue weighted by Crippen LogP contribution is 2.23. The zero-order chi connectivity index (χ0) is 17.0. The molecule has 0 aromatic heterocycles. The summed E-state index contributed by atoms with van der Waals surface area (Å²) >= 11 is 0. The number of rotatable bonds is 6. The van der Waals surface area contributed by atoms with Gasteiger partial charge in [0.15, 0.2) is 0 Å². The van der Waals surface area contributed by atoms with Crippen LogP contribution in [0.1, 0.15) is 32.1 Å². The van der Waals surface area contributed by atoms with Crippen molar-refractivity contribution in [2.75, 3.05) is 26.2 Å². The fraction of sp³-hybridized carbons (Fsp3) is 0.611. The van der Waals surface area contributed by atoms with Crippen LogP contribution in [0.2, 0.25) is 0 Å². The summed E-state index contributed by atoms with van der Waals surface area (Å²) < 4.78 is 18.4. The van der Waals surface area contributed by atoms with Crippen molar-refractivity contribution < 1.29 is 19.0 Å². The minimum atomic E-state index is -0.970. The Morgan fingerprint density at radius 3 is 2.75 bits per heavy atom. The molecule has 1 amide bonds. The molecule has 0 bridgehead atoms. The summed E-state index contributed by atoms with van der Waals surface area (Å²) in [4.78, 5) is 14.0. The highest BCUT2D eigenvalue weighted by molar-refractivity contribution is 5.78. The molecule has 0 radical (unpaired) electrons. The van der Waals surface area contributed by atoms with Crippen molar-refractivity contribution in [1.29, 1.82) is 0 Å². The highest BCUT2D eigenvalue weighted by atomic mass is 19.1. The first-order valence-corrected chi connectivity index (χ1v) is 8.65. The maximum absolute atomic E-state index is 12.9. The Kier molecular flexibility index (Phi) is 5.36. The van der Waals surface area contributed by atoms with Gasteiger partial charge < -0.3 is 15.2 Å². The van der Waals surface area contributed by atoms with Gasteiger partial charge in [-0.3, -0.25) is 9.69 Å². The average Bonchev–Trinajstić information content (AvgIpc) is 3.17. The lowest BCUT2D eigenvalue weighted by atomic mass is 10.1. The van der Waals surface area contributed by atoms with Gasteiger partial charge in [0.2, 0.25) is 5.91 Å². The molecule has 3 rings (SSSR count). The molecule has 24 heavy (non-hydrogen) atoms. The molecule has 1 aromatic rings. The number of hydrogen-bond donors (Lipinski definition) is 2. The van der Waals surface area contributed by atoms with E-state index in [-0.39, 0.29) is 18.3 Å². The molecule has 1 aliphatic carbocycles. The third kappa shape index (κ3) is 4.68. The van der Waals surface area contributed by atoms with Crippen molar-refractivity contribution in [2.45, 2.75) is 43.7 Å². The quantitative estimate of drug-likeness (QED) is 0.830. The first kappa shape index (κ1) is 17.2. The lowest BCUT2D eigenvalue weighted by Gasteiger charge is -2.24. The predicted molar refractivity (Wildman–Crippen MR) is 88.3 cm³/mol. The van der Waals surface area contributed by atoms with E-state index < -0.39 is 5.60 Å². The normalized spacial score (nSPS) is 25.1. The minimum absolute atomic E-state index is 0.0330. The monoisotopic (exact) mass is 336 g/mol. The van der Waals surface area contributed by atoms with Gasteiger partial charge in [-0.05, 0) is 43.5 Å². The van der Waals surface area contributed by atoms with Gasteiger partial charge >= 0.3 is 0 Å². The van der Waals surface area contributed by atoms with Gasteiger partial charge in [-0.1, -0.05) is 12.8 Å². The smallest absolute Gasteiger partial charge is 0.234 e. The van der Waals surface area contributed by atoms with E-state index in [0.717, 1.165) is 12.8 Å². The van der Waals surface area contributed by atoms with Crippen molar-refractivity contribution in [1.82, 2.24) is 10.2 Å². The molecule has 0 spiro atoms. The summed E-state index contributed by atoms with van der Waals surface area (Å²) in [5.41, 5.74) is -0.970. The third-order valence-corrected chi connectivity index (χ3v) is 4.82. The molecular formula is C18H25FN2O3. The minimum Gasteiger partial charge on any atom is -0.491 e. The molecular weight excluding hydrogens is 311 g/mol. The van der Waals surface area contributed by atoms with Crippen molar-refractivity contribution >= 4 is 5.91 Å². The zero-order valence-electron chi connectivity index (χ0n) is 13.8. The molecule has 2 N–H and O–H groups in total. The Hall–Kier alpha value is -1.66. The highest BCUT2D eigenvalue weighted by Gasteiger charge is 2.37.